The van der Waals surface area contributed by atoms with Crippen molar-refractivity contribution in [3.8, 4) is 0 Å². The van der Waals surface area contributed by atoms with Gasteiger partial charge in [0.25, 0.3) is 5.91 Å². The molecule has 4 rings (SSSR count). The number of hydrogen-bond acceptors (Lipinski definition) is 7. The third kappa shape index (κ3) is 3.32. The summed E-state index contributed by atoms with van der Waals surface area (Å²) in [5, 5.41) is 10.9. The van der Waals surface area contributed by atoms with Gasteiger partial charge in [0.2, 0.25) is 0 Å². The van der Waals surface area contributed by atoms with Crippen molar-refractivity contribution in [3.05, 3.63) is 70.9 Å². The highest BCUT2D eigenvalue weighted by atomic mass is 32.2. The van der Waals surface area contributed by atoms with E-state index in [-0.39, 0.29) is 11.5 Å². The van der Waals surface area contributed by atoms with Crippen LogP contribution in [0.5, 0.6) is 0 Å². The monoisotopic (exact) mass is 392 g/mol. The zero-order chi connectivity index (χ0) is 19.0. The molecule has 1 amide bonds. The molecule has 1 aliphatic heterocycles. The number of amides is 1. The first-order chi connectivity index (χ1) is 13.0. The van der Waals surface area contributed by atoms with Gasteiger partial charge in [-0.2, -0.15) is 0 Å². The van der Waals surface area contributed by atoms with Crippen LogP contribution in [0.25, 0.3) is 17.1 Å². The van der Waals surface area contributed by atoms with Crippen LogP contribution in [0.4, 0.5) is 5.69 Å². The summed E-state index contributed by atoms with van der Waals surface area (Å²) >= 11 is 6.48. The van der Waals surface area contributed by atoms with E-state index in [0.29, 0.717) is 20.6 Å². The number of carbonyl (C=O) groups excluding carboxylic acids is 2. The zero-order valence-electron chi connectivity index (χ0n) is 13.7. The Balaban J connectivity index is 1.65. The zero-order valence-corrected chi connectivity index (χ0v) is 15.3. The minimum atomic E-state index is -1.28. The lowest BCUT2D eigenvalue weighted by molar-refractivity contribution is -0.255. The molecule has 2 heterocycles. The van der Waals surface area contributed by atoms with Gasteiger partial charge in [0.05, 0.1) is 39.5 Å². The Hall–Kier alpha value is -3.10. The molecule has 0 spiro atoms. The summed E-state index contributed by atoms with van der Waals surface area (Å²) in [7, 11) is 0. The number of rotatable bonds is 3. The number of nitrogens with zero attached hydrogens (tertiary/aromatic N) is 3. The van der Waals surface area contributed by atoms with Gasteiger partial charge in [-0.3, -0.25) is 14.7 Å². The van der Waals surface area contributed by atoms with E-state index in [2.05, 4.69) is 9.97 Å². The molecule has 1 fully saturated rings. The number of carboxylic acid groups (broad SMARTS) is 1. The molecule has 6 nitrogen and oxygen atoms in total. The molecule has 0 unspecified atom stereocenters. The van der Waals surface area contributed by atoms with Gasteiger partial charge in [-0.1, -0.05) is 48.2 Å². The van der Waals surface area contributed by atoms with Crippen LogP contribution in [0.15, 0.2) is 59.6 Å². The van der Waals surface area contributed by atoms with Crippen molar-refractivity contribution in [2.24, 2.45) is 0 Å². The van der Waals surface area contributed by atoms with E-state index < -0.39 is 5.97 Å². The van der Waals surface area contributed by atoms with Crippen LogP contribution >= 0.6 is 24.0 Å². The molecular weight excluding hydrogens is 382 g/mol. The number of carbonyl (C=O) groups is 2. The predicted molar refractivity (Wildman–Crippen MR) is 106 cm³/mol. The average molecular weight is 392 g/mol. The Kier molecular flexibility index (Phi) is 4.43. The van der Waals surface area contributed by atoms with Crippen LogP contribution in [0.3, 0.4) is 0 Å². The molecule has 3 aromatic rings. The number of para-hydroxylation sites is 2. The van der Waals surface area contributed by atoms with Gasteiger partial charge in [0, 0.05) is 0 Å². The molecule has 27 heavy (non-hydrogen) atoms. The summed E-state index contributed by atoms with van der Waals surface area (Å²) in [5.41, 5.74) is 2.60. The van der Waals surface area contributed by atoms with Gasteiger partial charge >= 0.3 is 0 Å². The highest BCUT2D eigenvalue weighted by molar-refractivity contribution is 8.27. The summed E-state index contributed by atoms with van der Waals surface area (Å²) in [6, 6.07) is 13.3. The SMILES string of the molecule is O=C([O-])c1ccc(N2C(=O)/C(=C\c3cnc4ccccc4n3)SC2=S)cc1. The molecule has 1 aromatic heterocycles. The normalized spacial score (nSPS) is 15.7. The molecule has 0 radical (unpaired) electrons. The van der Waals surface area contributed by atoms with Crippen molar-refractivity contribution in [2.75, 3.05) is 4.90 Å². The Bertz CT molecular complexity index is 1130. The number of thioether (sulfide) groups is 1. The van der Waals surface area contributed by atoms with Gasteiger partial charge in [0.15, 0.2) is 4.32 Å². The molecule has 0 bridgehead atoms. The number of hydrogen-bond donors (Lipinski definition) is 0. The molecule has 1 aliphatic rings. The van der Waals surface area contributed by atoms with Crippen molar-refractivity contribution in [1.82, 2.24) is 9.97 Å². The molecule has 0 N–H and O–H groups in total. The van der Waals surface area contributed by atoms with Crippen LogP contribution in [0.1, 0.15) is 16.1 Å². The fourth-order valence-electron chi connectivity index (χ4n) is 2.61. The number of fused-ring (bicyclic) bond motifs is 1. The molecule has 0 atom stereocenters. The number of benzene rings is 2. The maximum atomic E-state index is 12.8. The van der Waals surface area contributed by atoms with Gasteiger partial charge in [0.1, 0.15) is 0 Å². The first-order valence-electron chi connectivity index (χ1n) is 7.84. The lowest BCUT2D eigenvalue weighted by Crippen LogP contribution is -2.28. The largest absolute Gasteiger partial charge is 0.545 e. The second kappa shape index (κ2) is 6.90. The fourth-order valence-corrected chi connectivity index (χ4v) is 3.90. The van der Waals surface area contributed by atoms with Crippen molar-refractivity contribution < 1.29 is 14.7 Å². The number of carboxylic acids is 1. The second-order valence-corrected chi connectivity index (χ2v) is 7.31. The Morgan fingerprint density at radius 1 is 1.11 bits per heavy atom. The number of aromatic nitrogens is 2. The fraction of sp³-hybridized carbons (Fsp3) is 0. The molecule has 0 saturated carbocycles. The van der Waals surface area contributed by atoms with Crippen LogP contribution in [-0.4, -0.2) is 26.2 Å². The third-order valence-corrected chi connectivity index (χ3v) is 5.20. The molecular formula is C19H10N3O3S2-. The number of thiocarbonyl (C=S) groups is 1. The van der Waals surface area contributed by atoms with Crippen LogP contribution < -0.4 is 10.0 Å². The van der Waals surface area contributed by atoms with E-state index in [1.165, 1.54) is 29.2 Å². The standard InChI is InChI=1S/C19H11N3O3S2/c23-17-16(9-12-10-20-14-3-1-2-4-15(14)21-12)27-19(26)22(17)13-7-5-11(6-8-13)18(24)25/h1-10H,(H,24,25)/p-1/b16-9+. The van der Waals surface area contributed by atoms with E-state index >= 15 is 0 Å². The van der Waals surface area contributed by atoms with Crippen molar-refractivity contribution in [3.63, 3.8) is 0 Å². The summed E-state index contributed by atoms with van der Waals surface area (Å²) in [4.78, 5) is 34.3. The summed E-state index contributed by atoms with van der Waals surface area (Å²) in [6.45, 7) is 0. The average Bonchev–Trinajstić information content (AvgIpc) is 2.95. The minimum Gasteiger partial charge on any atom is -0.545 e. The Morgan fingerprint density at radius 2 is 1.81 bits per heavy atom. The predicted octanol–water partition coefficient (Wildman–Crippen LogP) is 2.40. The topological polar surface area (TPSA) is 86.2 Å². The van der Waals surface area contributed by atoms with Gasteiger partial charge in [-0.15, -0.1) is 0 Å². The van der Waals surface area contributed by atoms with Crippen molar-refractivity contribution >= 4 is 63.0 Å². The van der Waals surface area contributed by atoms with Crippen LogP contribution in [0.2, 0.25) is 0 Å². The highest BCUT2D eigenvalue weighted by Crippen LogP contribution is 2.35. The Morgan fingerprint density at radius 3 is 2.52 bits per heavy atom. The van der Waals surface area contributed by atoms with Crippen molar-refractivity contribution in [2.45, 2.75) is 0 Å². The number of aromatic carboxylic acids is 1. The van der Waals surface area contributed by atoms with E-state index in [4.69, 9.17) is 12.2 Å². The van der Waals surface area contributed by atoms with Gasteiger partial charge < -0.3 is 9.90 Å². The second-order valence-electron chi connectivity index (χ2n) is 5.64. The molecule has 132 valence electrons. The quantitative estimate of drug-likeness (QED) is 0.500. The number of anilines is 1. The molecule has 1 saturated heterocycles. The lowest BCUT2D eigenvalue weighted by Gasteiger charge is -2.15. The molecule has 8 heteroatoms. The first kappa shape index (κ1) is 17.3. The van der Waals surface area contributed by atoms with Crippen molar-refractivity contribution in [1.29, 1.82) is 0 Å². The smallest absolute Gasteiger partial charge is 0.270 e. The minimum absolute atomic E-state index is 0.0335. The van der Waals surface area contributed by atoms with E-state index in [1.54, 1.807) is 12.3 Å². The lowest BCUT2D eigenvalue weighted by atomic mass is 10.2. The van der Waals surface area contributed by atoms with Gasteiger partial charge in [-0.25, -0.2) is 4.98 Å². The third-order valence-electron chi connectivity index (χ3n) is 3.90. The van der Waals surface area contributed by atoms with Crippen LogP contribution in [0, 0.1) is 0 Å². The summed E-state index contributed by atoms with van der Waals surface area (Å²) in [6.07, 6.45) is 3.25. The van der Waals surface area contributed by atoms with Gasteiger partial charge in [-0.05, 0) is 35.9 Å². The molecule has 2 aromatic carbocycles. The highest BCUT2D eigenvalue weighted by Gasteiger charge is 2.33. The van der Waals surface area contributed by atoms with E-state index in [9.17, 15) is 14.7 Å². The summed E-state index contributed by atoms with van der Waals surface area (Å²) in [5.74, 6) is -1.57. The maximum Gasteiger partial charge on any atom is 0.270 e. The van der Waals surface area contributed by atoms with E-state index in [0.717, 1.165) is 22.8 Å². The molecule has 0 aliphatic carbocycles. The van der Waals surface area contributed by atoms with Crippen LogP contribution in [-0.2, 0) is 4.79 Å². The first-order valence-corrected chi connectivity index (χ1v) is 9.06. The maximum absolute atomic E-state index is 12.8. The van der Waals surface area contributed by atoms with E-state index in [1.807, 2.05) is 24.3 Å². The summed E-state index contributed by atoms with van der Waals surface area (Å²) < 4.78 is 0.362. The Labute approximate surface area is 163 Å².